The maximum absolute atomic E-state index is 13.7. The topological polar surface area (TPSA) is 86.4 Å². The summed E-state index contributed by atoms with van der Waals surface area (Å²) in [7, 11) is 3.30. The zero-order valence-electron chi connectivity index (χ0n) is 17.0. The number of pyridine rings is 1. The number of fused-ring (bicyclic) bond motifs is 1. The number of H-pyrrole nitrogens is 1. The summed E-state index contributed by atoms with van der Waals surface area (Å²) in [4.78, 5) is 47.2. The highest BCUT2D eigenvalue weighted by molar-refractivity contribution is 8.01. The molecule has 154 valence electrons. The van der Waals surface area contributed by atoms with Gasteiger partial charge in [-0.3, -0.25) is 14.6 Å². The number of carbonyl (C=O) groups excluding carboxylic acids is 3. The Bertz CT molecular complexity index is 1130. The van der Waals surface area contributed by atoms with Crippen LogP contribution in [0, 0.1) is 12.8 Å². The molecule has 0 aliphatic carbocycles. The van der Waals surface area contributed by atoms with Gasteiger partial charge in [-0.15, -0.1) is 0 Å². The van der Waals surface area contributed by atoms with Crippen LogP contribution in [0.1, 0.15) is 26.4 Å². The first-order chi connectivity index (χ1) is 14.4. The molecule has 1 saturated heterocycles. The lowest BCUT2D eigenvalue weighted by atomic mass is 9.90. The van der Waals surface area contributed by atoms with Crippen molar-refractivity contribution in [2.75, 3.05) is 24.2 Å². The third kappa shape index (κ3) is 3.37. The maximum Gasteiger partial charge on any atom is 0.270 e. The molecule has 30 heavy (non-hydrogen) atoms. The fourth-order valence-corrected chi connectivity index (χ4v) is 5.05. The molecule has 1 aliphatic rings. The number of aldehydes is 1. The van der Waals surface area contributed by atoms with Crippen molar-refractivity contribution in [1.82, 2.24) is 14.9 Å². The number of benzene rings is 1. The lowest BCUT2D eigenvalue weighted by Crippen LogP contribution is -2.36. The van der Waals surface area contributed by atoms with Crippen LogP contribution in [0.4, 0.5) is 5.69 Å². The van der Waals surface area contributed by atoms with Crippen molar-refractivity contribution in [3.05, 3.63) is 59.5 Å². The van der Waals surface area contributed by atoms with E-state index in [9.17, 15) is 14.4 Å². The number of hydrogen-bond donors (Lipinski definition) is 1. The Kier molecular flexibility index (Phi) is 5.34. The Hall–Kier alpha value is -3.13. The van der Waals surface area contributed by atoms with Gasteiger partial charge < -0.3 is 19.0 Å². The SMILES string of the molecule is Cc1ccc2c(C(=O)C3CSN(c4cccnc4)C3C=O)c(C(=O)N(C)C)[nH]c2c1. The Morgan fingerprint density at radius 1 is 1.30 bits per heavy atom. The van der Waals surface area contributed by atoms with Crippen LogP contribution in [0.5, 0.6) is 0 Å². The van der Waals surface area contributed by atoms with E-state index in [1.54, 1.807) is 32.6 Å². The van der Waals surface area contributed by atoms with Crippen molar-refractivity contribution in [3.8, 4) is 0 Å². The summed E-state index contributed by atoms with van der Waals surface area (Å²) in [5, 5.41) is 0.699. The minimum absolute atomic E-state index is 0.203. The lowest BCUT2D eigenvalue weighted by molar-refractivity contribution is -0.109. The smallest absolute Gasteiger partial charge is 0.270 e. The summed E-state index contributed by atoms with van der Waals surface area (Å²) >= 11 is 1.43. The zero-order chi connectivity index (χ0) is 21.4. The minimum atomic E-state index is -0.635. The van der Waals surface area contributed by atoms with E-state index in [-0.39, 0.29) is 17.4 Å². The molecule has 1 fully saturated rings. The second-order valence-corrected chi connectivity index (χ2v) is 8.54. The number of nitrogens with one attached hydrogen (secondary N) is 1. The molecule has 4 rings (SSSR count). The van der Waals surface area contributed by atoms with Gasteiger partial charge in [0.1, 0.15) is 18.0 Å². The standard InChI is InChI=1S/C22H22N4O3S/c1-13-6-7-15-17(9-13)24-20(22(29)25(2)3)19(15)21(28)16-12-30-26(18(16)11-27)14-5-4-8-23-10-14/h4-11,16,18,24H,12H2,1-3H3. The summed E-state index contributed by atoms with van der Waals surface area (Å²) in [5.74, 6) is -0.594. The van der Waals surface area contributed by atoms with Gasteiger partial charge in [0.25, 0.3) is 5.91 Å². The molecule has 0 saturated carbocycles. The highest BCUT2D eigenvalue weighted by Gasteiger charge is 2.42. The highest BCUT2D eigenvalue weighted by atomic mass is 32.2. The number of hydrogen-bond acceptors (Lipinski definition) is 6. The van der Waals surface area contributed by atoms with Gasteiger partial charge in [0.15, 0.2) is 5.78 Å². The predicted octanol–water partition coefficient (Wildman–Crippen LogP) is 3.11. The molecular formula is C22H22N4O3S. The second kappa shape index (κ2) is 7.95. The first kappa shape index (κ1) is 20.2. The molecule has 2 atom stereocenters. The average Bonchev–Trinajstić information content (AvgIpc) is 3.34. The molecule has 2 unspecified atom stereocenters. The Labute approximate surface area is 178 Å². The van der Waals surface area contributed by atoms with Gasteiger partial charge in [-0.2, -0.15) is 0 Å². The van der Waals surface area contributed by atoms with Crippen LogP contribution in [-0.2, 0) is 4.79 Å². The van der Waals surface area contributed by atoms with Gasteiger partial charge in [0, 0.05) is 36.9 Å². The van der Waals surface area contributed by atoms with Crippen LogP contribution in [-0.4, -0.2) is 58.7 Å². The molecular weight excluding hydrogens is 400 g/mol. The van der Waals surface area contributed by atoms with Gasteiger partial charge in [-0.1, -0.05) is 12.1 Å². The summed E-state index contributed by atoms with van der Waals surface area (Å²) in [6.45, 7) is 1.96. The van der Waals surface area contributed by atoms with Crippen LogP contribution in [0.15, 0.2) is 42.7 Å². The number of rotatable bonds is 5. The van der Waals surface area contributed by atoms with Gasteiger partial charge >= 0.3 is 0 Å². The van der Waals surface area contributed by atoms with Crippen molar-refractivity contribution < 1.29 is 14.4 Å². The van der Waals surface area contributed by atoms with E-state index < -0.39 is 12.0 Å². The molecule has 0 bridgehead atoms. The summed E-state index contributed by atoms with van der Waals surface area (Å²) in [5.41, 5.74) is 3.15. The number of nitrogens with zero attached hydrogens (tertiary/aromatic N) is 3. The molecule has 3 aromatic rings. The van der Waals surface area contributed by atoms with Gasteiger partial charge in [0.2, 0.25) is 0 Å². The molecule has 3 heterocycles. The molecule has 2 aromatic heterocycles. The number of amides is 1. The third-order valence-electron chi connectivity index (χ3n) is 5.27. The monoisotopic (exact) mass is 422 g/mol. The average molecular weight is 423 g/mol. The fourth-order valence-electron chi connectivity index (χ4n) is 3.76. The van der Waals surface area contributed by atoms with E-state index in [0.29, 0.717) is 16.7 Å². The van der Waals surface area contributed by atoms with E-state index in [2.05, 4.69) is 9.97 Å². The number of aromatic amines is 1. The van der Waals surface area contributed by atoms with Crippen molar-refractivity contribution in [2.45, 2.75) is 13.0 Å². The lowest BCUT2D eigenvalue weighted by Gasteiger charge is -2.23. The van der Waals surface area contributed by atoms with Gasteiger partial charge in [-0.25, -0.2) is 0 Å². The molecule has 7 nitrogen and oxygen atoms in total. The molecule has 0 spiro atoms. The van der Waals surface area contributed by atoms with E-state index >= 15 is 0 Å². The Morgan fingerprint density at radius 3 is 2.77 bits per heavy atom. The number of carbonyl (C=O) groups is 3. The zero-order valence-corrected chi connectivity index (χ0v) is 17.8. The first-order valence-electron chi connectivity index (χ1n) is 9.58. The molecule has 8 heteroatoms. The largest absolute Gasteiger partial charge is 0.350 e. The van der Waals surface area contributed by atoms with Crippen LogP contribution >= 0.6 is 11.9 Å². The number of ketones is 1. The second-order valence-electron chi connectivity index (χ2n) is 7.55. The Morgan fingerprint density at radius 2 is 2.10 bits per heavy atom. The summed E-state index contributed by atoms with van der Waals surface area (Å²) in [6.07, 6.45) is 4.14. The van der Waals surface area contributed by atoms with Crippen molar-refractivity contribution in [2.24, 2.45) is 5.92 Å². The van der Waals surface area contributed by atoms with E-state index in [1.807, 2.05) is 35.5 Å². The van der Waals surface area contributed by atoms with E-state index in [1.165, 1.54) is 16.8 Å². The quantitative estimate of drug-likeness (QED) is 0.386. The van der Waals surface area contributed by atoms with E-state index in [4.69, 9.17) is 0 Å². The fraction of sp³-hybridized carbons (Fsp3) is 0.273. The number of aryl methyl sites for hydroxylation is 1. The molecule has 1 amide bonds. The van der Waals surface area contributed by atoms with Crippen molar-refractivity contribution >= 4 is 46.5 Å². The van der Waals surface area contributed by atoms with Crippen molar-refractivity contribution in [1.29, 1.82) is 0 Å². The van der Waals surface area contributed by atoms with Crippen LogP contribution in [0.25, 0.3) is 10.9 Å². The van der Waals surface area contributed by atoms with Crippen LogP contribution in [0.2, 0.25) is 0 Å². The highest BCUT2D eigenvalue weighted by Crippen LogP contribution is 2.38. The van der Waals surface area contributed by atoms with Crippen molar-refractivity contribution in [3.63, 3.8) is 0 Å². The number of Topliss-reactive ketones (excluding diaryl/α,β-unsaturated/α-hetero) is 1. The number of anilines is 1. The number of aromatic nitrogens is 2. The minimum Gasteiger partial charge on any atom is -0.350 e. The first-order valence-corrected chi connectivity index (χ1v) is 10.5. The van der Waals surface area contributed by atoms with Crippen LogP contribution < -0.4 is 4.31 Å². The normalized spacial score (nSPS) is 18.6. The molecule has 1 aromatic carbocycles. The van der Waals surface area contributed by atoms with Gasteiger partial charge in [0.05, 0.1) is 23.4 Å². The maximum atomic E-state index is 13.7. The summed E-state index contributed by atoms with van der Waals surface area (Å²) in [6, 6.07) is 8.71. The van der Waals surface area contributed by atoms with E-state index in [0.717, 1.165) is 23.1 Å². The van der Waals surface area contributed by atoms with Gasteiger partial charge in [-0.05, 0) is 42.6 Å². The molecule has 1 aliphatic heterocycles. The summed E-state index contributed by atoms with van der Waals surface area (Å²) < 4.78 is 1.83. The Balaban J connectivity index is 1.78. The molecule has 0 radical (unpaired) electrons. The third-order valence-corrected chi connectivity index (χ3v) is 6.51. The predicted molar refractivity (Wildman–Crippen MR) is 118 cm³/mol. The van der Waals surface area contributed by atoms with Crippen LogP contribution in [0.3, 0.4) is 0 Å². The molecule has 1 N–H and O–H groups in total.